The van der Waals surface area contributed by atoms with Crippen LogP contribution in [0.4, 0.5) is 0 Å². The molecular formula is C14H12N2O. The van der Waals surface area contributed by atoms with Crippen LogP contribution < -0.4 is 4.74 Å². The smallest absolute Gasteiger partial charge is 0.148 e. The van der Waals surface area contributed by atoms with Crippen LogP contribution in [0, 0.1) is 0 Å². The molecule has 0 aliphatic carbocycles. The van der Waals surface area contributed by atoms with Crippen LogP contribution in [-0.2, 0) is 0 Å². The zero-order valence-electron chi connectivity index (χ0n) is 9.50. The number of rotatable bonds is 2. The summed E-state index contributed by atoms with van der Waals surface area (Å²) in [6, 6.07) is 14.0. The quantitative estimate of drug-likeness (QED) is 0.669. The van der Waals surface area contributed by atoms with Gasteiger partial charge in [0.05, 0.1) is 12.5 Å². The van der Waals surface area contributed by atoms with Crippen molar-refractivity contribution in [3.05, 3.63) is 54.9 Å². The van der Waals surface area contributed by atoms with Crippen LogP contribution in [0.25, 0.3) is 16.7 Å². The summed E-state index contributed by atoms with van der Waals surface area (Å²) in [7, 11) is 1.68. The maximum atomic E-state index is 5.32. The molecule has 0 atom stereocenters. The Kier molecular flexibility index (Phi) is 2.29. The van der Waals surface area contributed by atoms with Gasteiger partial charge in [0.2, 0.25) is 0 Å². The van der Waals surface area contributed by atoms with Crippen molar-refractivity contribution in [3.63, 3.8) is 0 Å². The zero-order chi connectivity index (χ0) is 11.7. The average molecular weight is 224 g/mol. The second-order valence-electron chi connectivity index (χ2n) is 3.77. The van der Waals surface area contributed by atoms with Crippen LogP contribution in [0.2, 0.25) is 0 Å². The van der Waals surface area contributed by atoms with Crippen LogP contribution in [-0.4, -0.2) is 16.7 Å². The van der Waals surface area contributed by atoms with E-state index in [1.807, 2.05) is 36.5 Å². The van der Waals surface area contributed by atoms with Crippen molar-refractivity contribution in [2.75, 3.05) is 7.11 Å². The maximum absolute atomic E-state index is 5.32. The fourth-order valence-corrected chi connectivity index (χ4v) is 1.99. The lowest BCUT2D eigenvalue weighted by atomic mass is 10.3. The first-order chi connectivity index (χ1) is 8.40. The Labute approximate surface area is 99.3 Å². The van der Waals surface area contributed by atoms with Crippen molar-refractivity contribution < 1.29 is 4.74 Å². The lowest BCUT2D eigenvalue weighted by molar-refractivity contribution is 0.419. The number of ether oxygens (including phenoxy) is 1. The van der Waals surface area contributed by atoms with Crippen LogP contribution in [0.5, 0.6) is 5.75 Å². The lowest BCUT2D eigenvalue weighted by Gasteiger charge is -2.05. The van der Waals surface area contributed by atoms with Gasteiger partial charge in [-0.2, -0.15) is 0 Å². The summed E-state index contributed by atoms with van der Waals surface area (Å²) in [5.74, 6) is 0.852. The van der Waals surface area contributed by atoms with E-state index in [-0.39, 0.29) is 0 Å². The number of hydrogen-bond donors (Lipinski definition) is 0. The summed E-state index contributed by atoms with van der Waals surface area (Å²) in [6.45, 7) is 0. The van der Waals surface area contributed by atoms with Gasteiger partial charge in [-0.25, -0.2) is 4.98 Å². The second-order valence-corrected chi connectivity index (χ2v) is 3.77. The summed E-state index contributed by atoms with van der Waals surface area (Å²) >= 11 is 0. The van der Waals surface area contributed by atoms with Crippen molar-refractivity contribution in [3.8, 4) is 11.4 Å². The molecule has 0 saturated carbocycles. The molecule has 1 aromatic carbocycles. The molecule has 17 heavy (non-hydrogen) atoms. The number of methoxy groups -OCH3 is 1. The van der Waals surface area contributed by atoms with E-state index in [0.717, 1.165) is 22.5 Å². The molecule has 2 heterocycles. The summed E-state index contributed by atoms with van der Waals surface area (Å²) in [6.07, 6.45) is 3.77. The monoisotopic (exact) mass is 224 g/mol. The molecule has 2 aromatic heterocycles. The highest BCUT2D eigenvalue weighted by Crippen LogP contribution is 2.26. The zero-order valence-corrected chi connectivity index (χ0v) is 9.50. The third kappa shape index (κ3) is 1.56. The van der Waals surface area contributed by atoms with Gasteiger partial charge in [0.15, 0.2) is 0 Å². The molecule has 0 saturated heterocycles. The molecule has 0 aliphatic heterocycles. The van der Waals surface area contributed by atoms with Crippen molar-refractivity contribution in [2.45, 2.75) is 0 Å². The lowest BCUT2D eigenvalue weighted by Crippen LogP contribution is -1.93. The number of nitrogens with zero attached hydrogens (tertiary/aromatic N) is 2. The molecule has 3 aromatic rings. The third-order valence-electron chi connectivity index (χ3n) is 2.80. The highest BCUT2D eigenvalue weighted by atomic mass is 16.5. The first-order valence-corrected chi connectivity index (χ1v) is 5.45. The van der Waals surface area contributed by atoms with Gasteiger partial charge in [0.1, 0.15) is 11.4 Å². The highest BCUT2D eigenvalue weighted by Gasteiger charge is 2.07. The number of para-hydroxylation sites is 1. The van der Waals surface area contributed by atoms with Gasteiger partial charge < -0.3 is 9.30 Å². The minimum atomic E-state index is 0.852. The number of fused-ring (bicyclic) bond motifs is 1. The Morgan fingerprint density at radius 3 is 2.65 bits per heavy atom. The molecule has 3 rings (SSSR count). The second kappa shape index (κ2) is 3.94. The van der Waals surface area contributed by atoms with Crippen molar-refractivity contribution in [1.29, 1.82) is 0 Å². The fourth-order valence-electron chi connectivity index (χ4n) is 1.99. The standard InChI is InChI=1S/C14H12N2O/c1-17-13-7-9-15-14-12(13)8-10-16(14)11-5-3-2-4-6-11/h2-10H,1H3. The minimum Gasteiger partial charge on any atom is -0.496 e. The van der Waals surface area contributed by atoms with Crippen LogP contribution in [0.15, 0.2) is 54.9 Å². The summed E-state index contributed by atoms with van der Waals surface area (Å²) in [5.41, 5.74) is 2.01. The molecule has 0 spiro atoms. The van der Waals surface area contributed by atoms with E-state index in [4.69, 9.17) is 4.74 Å². The van der Waals surface area contributed by atoms with E-state index in [9.17, 15) is 0 Å². The van der Waals surface area contributed by atoms with Crippen molar-refractivity contribution in [1.82, 2.24) is 9.55 Å². The Balaban J connectivity index is 2.26. The molecule has 0 amide bonds. The molecule has 3 nitrogen and oxygen atoms in total. The van der Waals surface area contributed by atoms with Gasteiger partial charge >= 0.3 is 0 Å². The maximum Gasteiger partial charge on any atom is 0.148 e. The van der Waals surface area contributed by atoms with E-state index >= 15 is 0 Å². The largest absolute Gasteiger partial charge is 0.496 e. The van der Waals surface area contributed by atoms with Gasteiger partial charge in [0.25, 0.3) is 0 Å². The average Bonchev–Trinajstić information content (AvgIpc) is 2.83. The number of benzene rings is 1. The minimum absolute atomic E-state index is 0.852. The van der Waals surface area contributed by atoms with Crippen molar-refractivity contribution in [2.24, 2.45) is 0 Å². The van der Waals surface area contributed by atoms with E-state index in [0.29, 0.717) is 0 Å². The van der Waals surface area contributed by atoms with E-state index < -0.39 is 0 Å². The molecule has 0 radical (unpaired) electrons. The van der Waals surface area contributed by atoms with Gasteiger partial charge in [-0.1, -0.05) is 18.2 Å². The van der Waals surface area contributed by atoms with E-state index in [1.165, 1.54) is 0 Å². The van der Waals surface area contributed by atoms with Gasteiger partial charge in [-0.05, 0) is 24.3 Å². The summed E-state index contributed by atoms with van der Waals surface area (Å²) in [5, 5.41) is 1.03. The SMILES string of the molecule is COc1ccnc2c1ccn2-c1ccccc1. The van der Waals surface area contributed by atoms with Crippen LogP contribution in [0.3, 0.4) is 0 Å². The molecule has 0 bridgehead atoms. The fraction of sp³-hybridized carbons (Fsp3) is 0.0714. The number of pyridine rings is 1. The number of hydrogen-bond acceptors (Lipinski definition) is 2. The Morgan fingerprint density at radius 1 is 1.06 bits per heavy atom. The Morgan fingerprint density at radius 2 is 1.88 bits per heavy atom. The predicted octanol–water partition coefficient (Wildman–Crippen LogP) is 3.03. The van der Waals surface area contributed by atoms with Gasteiger partial charge in [-0.3, -0.25) is 0 Å². The number of aromatic nitrogens is 2. The first kappa shape index (κ1) is 9.90. The summed E-state index contributed by atoms with van der Waals surface area (Å²) < 4.78 is 7.38. The molecule has 84 valence electrons. The first-order valence-electron chi connectivity index (χ1n) is 5.45. The van der Waals surface area contributed by atoms with Gasteiger partial charge in [-0.15, -0.1) is 0 Å². The third-order valence-corrected chi connectivity index (χ3v) is 2.80. The van der Waals surface area contributed by atoms with Crippen LogP contribution >= 0.6 is 0 Å². The van der Waals surface area contributed by atoms with E-state index in [2.05, 4.69) is 21.7 Å². The Hall–Kier alpha value is -2.29. The van der Waals surface area contributed by atoms with Crippen LogP contribution in [0.1, 0.15) is 0 Å². The van der Waals surface area contributed by atoms with E-state index in [1.54, 1.807) is 13.3 Å². The van der Waals surface area contributed by atoms with Crippen molar-refractivity contribution >= 4 is 11.0 Å². The normalized spacial score (nSPS) is 10.6. The molecule has 0 aliphatic rings. The van der Waals surface area contributed by atoms with Gasteiger partial charge in [0, 0.05) is 18.1 Å². The Bertz CT molecular complexity index is 644. The molecule has 0 N–H and O–H groups in total. The molecule has 0 unspecified atom stereocenters. The molecule has 0 fully saturated rings. The highest BCUT2D eigenvalue weighted by molar-refractivity contribution is 5.84. The molecule has 3 heteroatoms. The predicted molar refractivity (Wildman–Crippen MR) is 67.6 cm³/mol. The topological polar surface area (TPSA) is 27.1 Å². The summed E-state index contributed by atoms with van der Waals surface area (Å²) in [4.78, 5) is 4.41. The molecular weight excluding hydrogens is 212 g/mol.